The molecule has 0 aliphatic carbocycles. The van der Waals surface area contributed by atoms with Gasteiger partial charge >= 0.3 is 12.2 Å². The zero-order valence-corrected chi connectivity index (χ0v) is 18.6. The normalized spacial score (nSPS) is 14.8. The first-order valence-electron chi connectivity index (χ1n) is 9.85. The second-order valence-electron chi connectivity index (χ2n) is 6.99. The van der Waals surface area contributed by atoms with E-state index in [4.69, 9.17) is 16.3 Å². The molecule has 2 aromatic rings. The van der Waals surface area contributed by atoms with Crippen LogP contribution in [0.4, 0.5) is 33.7 Å². The molecule has 0 radical (unpaired) electrons. The summed E-state index contributed by atoms with van der Waals surface area (Å²) in [6.07, 6.45) is -1.91. The Morgan fingerprint density at radius 3 is 2.66 bits per heavy atom. The Morgan fingerprint density at radius 1 is 1.26 bits per heavy atom. The molecule has 3 rings (SSSR count). The molecule has 0 unspecified atom stereocenters. The molecule has 2 aromatic carbocycles. The Bertz CT molecular complexity index is 1210. The van der Waals surface area contributed by atoms with E-state index in [0.29, 0.717) is 5.70 Å². The third-order valence-electron chi connectivity index (χ3n) is 4.49. The summed E-state index contributed by atoms with van der Waals surface area (Å²) in [5.41, 5.74) is -0.816. The van der Waals surface area contributed by atoms with Gasteiger partial charge in [0.05, 0.1) is 35.1 Å². The van der Waals surface area contributed by atoms with E-state index in [1.807, 2.05) is 0 Å². The van der Waals surface area contributed by atoms with Crippen LogP contribution in [0, 0.1) is 5.82 Å². The van der Waals surface area contributed by atoms with Crippen molar-refractivity contribution in [1.82, 2.24) is 10.6 Å². The van der Waals surface area contributed by atoms with E-state index >= 15 is 0 Å². The molecule has 0 spiro atoms. The molecule has 1 aliphatic heterocycles. The zero-order chi connectivity index (χ0) is 25.6. The van der Waals surface area contributed by atoms with Gasteiger partial charge in [-0.1, -0.05) is 11.6 Å². The number of halogens is 5. The molecule has 1 saturated heterocycles. The number of aliphatic imine (C=N–C) groups is 1. The average Bonchev–Trinajstić information content (AvgIpc) is 3.23. The van der Waals surface area contributed by atoms with E-state index in [1.54, 1.807) is 0 Å². The molecule has 1 heterocycles. The van der Waals surface area contributed by atoms with Gasteiger partial charge in [-0.2, -0.15) is 13.2 Å². The standard InChI is InChI=1S/C22H18ClF4N5O3/c1-28-7-6-19(18-10-30-21(34)32-18)35-13-3-5-17(16(24)9-13)31-20(33)11-29-12-2-4-15(23)14(8-12)22(25,26)27/h2-9,29H,1,10-11H2,(H,31,33)(H2,30,32,34)/b7-6-,19-18-. The van der Waals surface area contributed by atoms with Crippen molar-refractivity contribution in [3.63, 3.8) is 0 Å². The van der Waals surface area contributed by atoms with Crippen molar-refractivity contribution in [2.24, 2.45) is 4.99 Å². The number of carbonyl (C=O) groups excluding carboxylic acids is 2. The number of anilines is 2. The Kier molecular flexibility index (Phi) is 7.97. The third-order valence-corrected chi connectivity index (χ3v) is 4.82. The van der Waals surface area contributed by atoms with Crippen molar-refractivity contribution in [2.45, 2.75) is 6.18 Å². The molecule has 0 bridgehead atoms. The van der Waals surface area contributed by atoms with Gasteiger partial charge in [0.15, 0.2) is 0 Å². The third kappa shape index (κ3) is 6.96. The van der Waals surface area contributed by atoms with Crippen LogP contribution >= 0.6 is 11.6 Å². The highest BCUT2D eigenvalue weighted by atomic mass is 35.5. The summed E-state index contributed by atoms with van der Waals surface area (Å²) in [6, 6.07) is 6.32. The quantitative estimate of drug-likeness (QED) is 0.235. The van der Waals surface area contributed by atoms with Crippen LogP contribution in [0.25, 0.3) is 0 Å². The summed E-state index contributed by atoms with van der Waals surface area (Å²) in [5, 5.41) is 9.45. The summed E-state index contributed by atoms with van der Waals surface area (Å²) >= 11 is 5.57. The van der Waals surface area contributed by atoms with Gasteiger partial charge in [0, 0.05) is 24.0 Å². The molecule has 13 heteroatoms. The Morgan fingerprint density at radius 2 is 2.03 bits per heavy atom. The first-order valence-corrected chi connectivity index (χ1v) is 10.2. The Hall–Kier alpha value is -4.06. The number of benzene rings is 2. The lowest BCUT2D eigenvalue weighted by Crippen LogP contribution is -2.22. The minimum absolute atomic E-state index is 0.0113. The van der Waals surface area contributed by atoms with Crippen molar-refractivity contribution < 1.29 is 31.9 Å². The van der Waals surface area contributed by atoms with Crippen molar-refractivity contribution in [3.8, 4) is 5.75 Å². The molecule has 1 fully saturated rings. The van der Waals surface area contributed by atoms with Crippen LogP contribution in [-0.4, -0.2) is 31.7 Å². The van der Waals surface area contributed by atoms with E-state index in [-0.39, 0.29) is 29.4 Å². The van der Waals surface area contributed by atoms with E-state index < -0.39 is 41.1 Å². The summed E-state index contributed by atoms with van der Waals surface area (Å²) in [6.45, 7) is 3.04. The van der Waals surface area contributed by atoms with Gasteiger partial charge in [0.25, 0.3) is 0 Å². The number of nitrogens with one attached hydrogen (secondary N) is 4. The molecule has 1 aliphatic rings. The molecule has 184 valence electrons. The lowest BCUT2D eigenvalue weighted by molar-refractivity contribution is -0.137. The predicted molar refractivity (Wildman–Crippen MR) is 123 cm³/mol. The number of urea groups is 1. The van der Waals surface area contributed by atoms with Gasteiger partial charge in [-0.05, 0) is 37.0 Å². The monoisotopic (exact) mass is 511 g/mol. The number of alkyl halides is 3. The maximum atomic E-state index is 14.5. The second-order valence-corrected chi connectivity index (χ2v) is 7.39. The lowest BCUT2D eigenvalue weighted by atomic mass is 10.2. The van der Waals surface area contributed by atoms with Crippen LogP contribution < -0.4 is 26.0 Å². The minimum atomic E-state index is -4.66. The van der Waals surface area contributed by atoms with E-state index in [0.717, 1.165) is 18.2 Å². The van der Waals surface area contributed by atoms with Gasteiger partial charge < -0.3 is 26.0 Å². The zero-order valence-electron chi connectivity index (χ0n) is 17.8. The molecule has 8 nitrogen and oxygen atoms in total. The highest BCUT2D eigenvalue weighted by molar-refractivity contribution is 6.31. The molecule has 3 amide bonds. The average molecular weight is 512 g/mol. The van der Waals surface area contributed by atoms with Crippen LogP contribution in [0.15, 0.2) is 65.1 Å². The van der Waals surface area contributed by atoms with E-state index in [1.165, 1.54) is 30.5 Å². The highest BCUT2D eigenvalue weighted by Crippen LogP contribution is 2.36. The molecule has 0 aromatic heterocycles. The number of amides is 3. The van der Waals surface area contributed by atoms with Gasteiger partial charge in [-0.15, -0.1) is 0 Å². The molecule has 0 saturated carbocycles. The minimum Gasteiger partial charge on any atom is -0.455 e. The predicted octanol–water partition coefficient (Wildman–Crippen LogP) is 4.67. The molecule has 35 heavy (non-hydrogen) atoms. The number of hydrogen-bond acceptors (Lipinski definition) is 5. The maximum Gasteiger partial charge on any atom is 0.417 e. The number of rotatable bonds is 8. The lowest BCUT2D eigenvalue weighted by Gasteiger charge is -2.13. The van der Waals surface area contributed by atoms with Crippen molar-refractivity contribution in [1.29, 1.82) is 0 Å². The fourth-order valence-corrected chi connectivity index (χ4v) is 3.10. The Labute approximate surface area is 201 Å². The Balaban J connectivity index is 1.65. The van der Waals surface area contributed by atoms with Gasteiger partial charge in [-0.3, -0.25) is 9.79 Å². The second kappa shape index (κ2) is 10.9. The maximum absolute atomic E-state index is 14.5. The SMILES string of the molecule is C=N/C=C\C(Oc1ccc(NC(=O)CNc2ccc(Cl)c(C(F)(F)F)c2)c(F)c1)=C1/CNC(=O)N1. The fraction of sp³-hybridized carbons (Fsp3) is 0.136. The first-order chi connectivity index (χ1) is 16.6. The van der Waals surface area contributed by atoms with Crippen LogP contribution in [0.1, 0.15) is 5.56 Å². The van der Waals surface area contributed by atoms with Crippen LogP contribution in [-0.2, 0) is 11.0 Å². The largest absolute Gasteiger partial charge is 0.455 e. The number of ether oxygens (including phenoxy) is 1. The van der Waals surface area contributed by atoms with Crippen molar-refractivity contribution in [2.75, 3.05) is 23.7 Å². The van der Waals surface area contributed by atoms with Gasteiger partial charge in [0.2, 0.25) is 5.91 Å². The van der Waals surface area contributed by atoms with Gasteiger partial charge in [0.1, 0.15) is 17.3 Å². The number of allylic oxidation sites excluding steroid dienone is 1. The molecular weight excluding hydrogens is 494 g/mol. The van der Waals surface area contributed by atoms with Crippen LogP contribution in [0.3, 0.4) is 0 Å². The number of nitrogens with zero attached hydrogens (tertiary/aromatic N) is 1. The fourth-order valence-electron chi connectivity index (χ4n) is 2.88. The summed E-state index contributed by atoms with van der Waals surface area (Å²) in [5.74, 6) is -1.27. The molecular formula is C22H18ClF4N5O3. The topological polar surface area (TPSA) is 104 Å². The van der Waals surface area contributed by atoms with E-state index in [2.05, 4.69) is 33.0 Å². The molecule has 0 atom stereocenters. The van der Waals surface area contributed by atoms with Crippen molar-refractivity contribution >= 4 is 41.6 Å². The molecule has 4 N–H and O–H groups in total. The first kappa shape index (κ1) is 25.6. The smallest absolute Gasteiger partial charge is 0.417 e. The van der Waals surface area contributed by atoms with Gasteiger partial charge in [-0.25, -0.2) is 9.18 Å². The van der Waals surface area contributed by atoms with Crippen molar-refractivity contribution in [3.05, 3.63) is 76.5 Å². The number of carbonyl (C=O) groups is 2. The highest BCUT2D eigenvalue weighted by Gasteiger charge is 2.33. The number of hydrogen-bond donors (Lipinski definition) is 4. The summed E-state index contributed by atoms with van der Waals surface area (Å²) in [7, 11) is 0. The van der Waals surface area contributed by atoms with Crippen LogP contribution in [0.2, 0.25) is 5.02 Å². The summed E-state index contributed by atoms with van der Waals surface area (Å²) in [4.78, 5) is 27.1. The summed E-state index contributed by atoms with van der Waals surface area (Å²) < 4.78 is 59.0. The van der Waals surface area contributed by atoms with E-state index in [9.17, 15) is 27.2 Å². The van der Waals surface area contributed by atoms with Crippen LogP contribution in [0.5, 0.6) is 5.75 Å².